The molecule has 4 N–H and O–H groups in total. The fraction of sp³-hybridized carbons (Fsp3) is 0.789. The van der Waals surface area contributed by atoms with Crippen LogP contribution in [0.15, 0.2) is 0 Å². The second kappa shape index (κ2) is 10.8. The molecule has 3 amide bonds. The van der Waals surface area contributed by atoms with Crippen LogP contribution in [0.2, 0.25) is 0 Å². The van der Waals surface area contributed by atoms with Gasteiger partial charge >= 0.3 is 5.97 Å². The number of carboxylic acid groups (broad SMARTS) is 1. The molecule has 5 atom stereocenters. The molecule has 0 radical (unpaired) electrons. The summed E-state index contributed by atoms with van der Waals surface area (Å²) in [6.07, 6.45) is 3.34. The average Bonchev–Trinajstić information content (AvgIpc) is 3.40. The molecule has 0 aromatic heterocycles. The Kier molecular flexibility index (Phi) is 8.76. The number of carbonyl (C=O) groups excluding carboxylic acids is 3. The van der Waals surface area contributed by atoms with Gasteiger partial charge < -0.3 is 26.0 Å². The number of likely N-dealkylation sites (tertiary alicyclic amines) is 1. The molecule has 2 saturated heterocycles. The normalized spacial score (nSPS) is 24.6. The topological polar surface area (TPSA) is 128 Å². The molecule has 164 valence electrons. The highest BCUT2D eigenvalue weighted by atomic mass is 32.1. The Labute approximate surface area is 176 Å². The Balaban J connectivity index is 2.03. The lowest BCUT2D eigenvalue weighted by Crippen LogP contribution is -2.57. The van der Waals surface area contributed by atoms with Crippen molar-refractivity contribution in [2.45, 2.75) is 70.1 Å². The van der Waals surface area contributed by atoms with E-state index in [0.717, 1.165) is 19.4 Å². The minimum absolute atomic E-state index is 0.118. The van der Waals surface area contributed by atoms with Gasteiger partial charge in [-0.05, 0) is 38.1 Å². The summed E-state index contributed by atoms with van der Waals surface area (Å²) in [4.78, 5) is 51.1. The third-order valence-corrected chi connectivity index (χ3v) is 6.15. The molecule has 0 bridgehead atoms. The fourth-order valence-electron chi connectivity index (χ4n) is 3.80. The summed E-state index contributed by atoms with van der Waals surface area (Å²) in [6.45, 7) is 4.78. The standard InChI is InChI=1S/C19H32N4O5S/c1-3-11(2)15(19(27)28)22-17(25)14-7-5-9-23(14)18(26)13(10-29)21-16(24)12-6-4-8-20-12/h11-15,20,29H,3-10H2,1-2H3,(H,21,24)(H,22,25)(H,27,28). The van der Waals surface area contributed by atoms with Gasteiger partial charge in [-0.25, -0.2) is 4.79 Å². The number of hydrogen-bond donors (Lipinski definition) is 5. The van der Waals surface area contributed by atoms with Gasteiger partial charge in [0.25, 0.3) is 0 Å². The van der Waals surface area contributed by atoms with E-state index in [9.17, 15) is 24.3 Å². The Hall–Kier alpha value is -1.81. The lowest BCUT2D eigenvalue weighted by molar-refractivity contribution is -0.145. The quantitative estimate of drug-likeness (QED) is 0.323. The van der Waals surface area contributed by atoms with Crippen molar-refractivity contribution in [2.75, 3.05) is 18.8 Å². The van der Waals surface area contributed by atoms with Gasteiger partial charge in [0.1, 0.15) is 18.1 Å². The number of nitrogens with zero attached hydrogens (tertiary/aromatic N) is 1. The molecule has 2 aliphatic rings. The molecule has 5 unspecified atom stereocenters. The van der Waals surface area contributed by atoms with E-state index in [0.29, 0.717) is 25.8 Å². The third kappa shape index (κ3) is 5.85. The maximum Gasteiger partial charge on any atom is 0.326 e. The Morgan fingerprint density at radius 3 is 2.45 bits per heavy atom. The van der Waals surface area contributed by atoms with Gasteiger partial charge in [0.05, 0.1) is 6.04 Å². The van der Waals surface area contributed by atoms with Crippen molar-refractivity contribution in [1.82, 2.24) is 20.9 Å². The summed E-state index contributed by atoms with van der Waals surface area (Å²) in [5.41, 5.74) is 0. The minimum Gasteiger partial charge on any atom is -0.480 e. The first kappa shape index (κ1) is 23.5. The Morgan fingerprint density at radius 1 is 1.17 bits per heavy atom. The largest absolute Gasteiger partial charge is 0.480 e. The van der Waals surface area contributed by atoms with Gasteiger partial charge in [0.2, 0.25) is 17.7 Å². The summed E-state index contributed by atoms with van der Waals surface area (Å²) in [5.74, 6) is -2.27. The van der Waals surface area contributed by atoms with Gasteiger partial charge in [-0.3, -0.25) is 14.4 Å². The van der Waals surface area contributed by atoms with Crippen LogP contribution < -0.4 is 16.0 Å². The van der Waals surface area contributed by atoms with Gasteiger partial charge in [0, 0.05) is 12.3 Å². The number of carboxylic acids is 1. The molecule has 2 rings (SSSR count). The maximum atomic E-state index is 13.0. The third-order valence-electron chi connectivity index (χ3n) is 5.79. The van der Waals surface area contributed by atoms with Crippen LogP contribution in [-0.4, -0.2) is 76.7 Å². The van der Waals surface area contributed by atoms with E-state index in [1.54, 1.807) is 6.92 Å². The Morgan fingerprint density at radius 2 is 1.90 bits per heavy atom. The van der Waals surface area contributed by atoms with E-state index in [-0.39, 0.29) is 29.5 Å². The van der Waals surface area contributed by atoms with Crippen LogP contribution in [0.4, 0.5) is 0 Å². The van der Waals surface area contributed by atoms with Crippen LogP contribution in [0.1, 0.15) is 46.0 Å². The molecule has 0 saturated carbocycles. The highest BCUT2D eigenvalue weighted by molar-refractivity contribution is 7.80. The second-order valence-electron chi connectivity index (χ2n) is 7.79. The first-order chi connectivity index (χ1) is 13.8. The maximum absolute atomic E-state index is 13.0. The average molecular weight is 429 g/mol. The zero-order chi connectivity index (χ0) is 21.6. The number of hydrogen-bond acceptors (Lipinski definition) is 6. The molecule has 0 aromatic rings. The van der Waals surface area contributed by atoms with Crippen LogP contribution in [0.5, 0.6) is 0 Å². The summed E-state index contributed by atoms with van der Waals surface area (Å²) < 4.78 is 0. The van der Waals surface area contributed by atoms with Crippen molar-refractivity contribution in [3.8, 4) is 0 Å². The highest BCUT2D eigenvalue weighted by Gasteiger charge is 2.39. The summed E-state index contributed by atoms with van der Waals surface area (Å²) in [5, 5.41) is 17.8. The van der Waals surface area contributed by atoms with E-state index in [2.05, 4.69) is 28.6 Å². The van der Waals surface area contributed by atoms with E-state index in [1.807, 2.05) is 6.92 Å². The number of carbonyl (C=O) groups is 4. The second-order valence-corrected chi connectivity index (χ2v) is 8.16. The molecule has 10 heteroatoms. The molecule has 9 nitrogen and oxygen atoms in total. The Bertz CT molecular complexity index is 626. The molecule has 2 fully saturated rings. The van der Waals surface area contributed by atoms with Crippen LogP contribution >= 0.6 is 12.6 Å². The molecule has 0 spiro atoms. The van der Waals surface area contributed by atoms with E-state index < -0.39 is 30.0 Å². The van der Waals surface area contributed by atoms with Crippen molar-refractivity contribution < 1.29 is 24.3 Å². The van der Waals surface area contributed by atoms with E-state index in [1.165, 1.54) is 4.90 Å². The van der Waals surface area contributed by atoms with Gasteiger partial charge in [-0.1, -0.05) is 20.3 Å². The zero-order valence-corrected chi connectivity index (χ0v) is 17.9. The number of rotatable bonds is 9. The first-order valence-electron chi connectivity index (χ1n) is 10.3. The monoisotopic (exact) mass is 428 g/mol. The molecular weight excluding hydrogens is 396 g/mol. The molecule has 2 aliphatic heterocycles. The fourth-order valence-corrected chi connectivity index (χ4v) is 4.05. The van der Waals surface area contributed by atoms with E-state index in [4.69, 9.17) is 0 Å². The summed E-state index contributed by atoms with van der Waals surface area (Å²) in [6, 6.07) is -2.88. The number of amides is 3. The molecule has 0 aliphatic carbocycles. The van der Waals surface area contributed by atoms with Crippen molar-refractivity contribution >= 4 is 36.3 Å². The van der Waals surface area contributed by atoms with Crippen LogP contribution in [0.25, 0.3) is 0 Å². The molecular formula is C19H32N4O5S. The van der Waals surface area contributed by atoms with Crippen molar-refractivity contribution in [1.29, 1.82) is 0 Å². The van der Waals surface area contributed by atoms with Crippen molar-refractivity contribution in [2.24, 2.45) is 5.92 Å². The zero-order valence-electron chi connectivity index (χ0n) is 17.0. The van der Waals surface area contributed by atoms with Crippen LogP contribution in [0.3, 0.4) is 0 Å². The van der Waals surface area contributed by atoms with Crippen molar-refractivity contribution in [3.63, 3.8) is 0 Å². The molecule has 29 heavy (non-hydrogen) atoms. The predicted octanol–water partition coefficient (Wildman–Crippen LogP) is -0.240. The van der Waals surface area contributed by atoms with E-state index >= 15 is 0 Å². The van der Waals surface area contributed by atoms with Gasteiger partial charge in [-0.2, -0.15) is 12.6 Å². The van der Waals surface area contributed by atoms with Crippen LogP contribution in [0, 0.1) is 5.92 Å². The minimum atomic E-state index is -1.09. The summed E-state index contributed by atoms with van der Waals surface area (Å²) in [7, 11) is 0. The highest BCUT2D eigenvalue weighted by Crippen LogP contribution is 2.20. The predicted molar refractivity (Wildman–Crippen MR) is 111 cm³/mol. The molecule has 2 heterocycles. The van der Waals surface area contributed by atoms with Crippen molar-refractivity contribution in [3.05, 3.63) is 0 Å². The number of aliphatic carboxylic acids is 1. The SMILES string of the molecule is CCC(C)C(NC(=O)C1CCCN1C(=O)C(CS)NC(=O)C1CCCN1)C(=O)O. The van der Waals surface area contributed by atoms with Gasteiger partial charge in [-0.15, -0.1) is 0 Å². The lowest BCUT2D eigenvalue weighted by Gasteiger charge is -2.30. The first-order valence-corrected chi connectivity index (χ1v) is 10.9. The lowest BCUT2D eigenvalue weighted by atomic mass is 9.98. The smallest absolute Gasteiger partial charge is 0.326 e. The number of thiol groups is 1. The van der Waals surface area contributed by atoms with Crippen LogP contribution in [-0.2, 0) is 19.2 Å². The number of nitrogens with one attached hydrogen (secondary N) is 3. The summed E-state index contributed by atoms with van der Waals surface area (Å²) >= 11 is 4.21. The molecule has 0 aromatic carbocycles. The van der Waals surface area contributed by atoms with Gasteiger partial charge in [0.15, 0.2) is 0 Å².